The molecule has 0 saturated heterocycles. The second-order valence-corrected chi connectivity index (χ2v) is 4.87. The molecule has 1 aromatic carbocycles. The van der Waals surface area contributed by atoms with Gasteiger partial charge in [-0.15, -0.1) is 0 Å². The van der Waals surface area contributed by atoms with Crippen molar-refractivity contribution in [2.24, 2.45) is 0 Å². The van der Waals surface area contributed by atoms with Crippen LogP contribution in [0.5, 0.6) is 5.88 Å². The van der Waals surface area contributed by atoms with Gasteiger partial charge in [0.2, 0.25) is 11.8 Å². The summed E-state index contributed by atoms with van der Waals surface area (Å²) in [6, 6.07) is 8.15. The van der Waals surface area contributed by atoms with Crippen LogP contribution < -0.4 is 15.4 Å². The number of methoxy groups -OCH3 is 1. The number of pyridine rings is 1. The summed E-state index contributed by atoms with van der Waals surface area (Å²) in [5, 5.41) is 8.08. The molecule has 1 unspecified atom stereocenters. The minimum atomic E-state index is 0.0346. The van der Waals surface area contributed by atoms with Crippen molar-refractivity contribution in [1.29, 1.82) is 0 Å². The Kier molecular flexibility index (Phi) is 5.11. The molecule has 0 aliphatic carbocycles. The number of amides is 1. The maximum Gasteiger partial charge on any atom is 0.221 e. The first-order chi connectivity index (χ1) is 10.2. The Morgan fingerprint density at radius 1 is 1.33 bits per heavy atom. The molecule has 1 amide bonds. The van der Waals surface area contributed by atoms with E-state index in [9.17, 15) is 4.79 Å². The summed E-state index contributed by atoms with van der Waals surface area (Å²) in [5.74, 6) is 0.666. The maximum absolute atomic E-state index is 11.2. The van der Waals surface area contributed by atoms with Crippen LogP contribution in [-0.4, -0.2) is 31.6 Å². The molecule has 2 aromatic rings. The van der Waals surface area contributed by atoms with Crippen LogP contribution in [0, 0.1) is 0 Å². The predicted molar refractivity (Wildman–Crippen MR) is 83.4 cm³/mol. The van der Waals surface area contributed by atoms with Crippen LogP contribution in [0.1, 0.15) is 24.9 Å². The van der Waals surface area contributed by atoms with Crippen molar-refractivity contribution in [1.82, 2.24) is 15.6 Å². The SMILES string of the molecule is CNC(=O)CCNC(C)c1cnc(OC)c2ccccc12. The second kappa shape index (κ2) is 7.04. The summed E-state index contributed by atoms with van der Waals surface area (Å²) < 4.78 is 5.30. The molecule has 112 valence electrons. The number of benzene rings is 1. The molecule has 0 spiro atoms. The molecule has 1 atom stereocenters. The smallest absolute Gasteiger partial charge is 0.221 e. The van der Waals surface area contributed by atoms with E-state index in [4.69, 9.17) is 4.74 Å². The Balaban J connectivity index is 2.19. The van der Waals surface area contributed by atoms with Crippen LogP contribution in [0.15, 0.2) is 30.5 Å². The number of aromatic nitrogens is 1. The highest BCUT2D eigenvalue weighted by Crippen LogP contribution is 2.29. The number of hydrogen-bond donors (Lipinski definition) is 2. The molecule has 21 heavy (non-hydrogen) atoms. The summed E-state index contributed by atoms with van der Waals surface area (Å²) >= 11 is 0. The number of hydrogen-bond acceptors (Lipinski definition) is 4. The molecule has 5 nitrogen and oxygen atoms in total. The van der Waals surface area contributed by atoms with Crippen molar-refractivity contribution in [2.75, 3.05) is 20.7 Å². The van der Waals surface area contributed by atoms with E-state index in [2.05, 4.69) is 28.6 Å². The first kappa shape index (κ1) is 15.3. The molecule has 2 N–H and O–H groups in total. The Bertz CT molecular complexity index is 628. The van der Waals surface area contributed by atoms with E-state index in [1.165, 1.54) is 0 Å². The van der Waals surface area contributed by atoms with Gasteiger partial charge in [0.15, 0.2) is 0 Å². The third-order valence-corrected chi connectivity index (χ3v) is 3.53. The molecule has 0 aliphatic heterocycles. The van der Waals surface area contributed by atoms with Crippen LogP contribution in [0.4, 0.5) is 0 Å². The lowest BCUT2D eigenvalue weighted by Crippen LogP contribution is -2.26. The minimum Gasteiger partial charge on any atom is -0.481 e. The third kappa shape index (κ3) is 3.49. The monoisotopic (exact) mass is 287 g/mol. The summed E-state index contributed by atoms with van der Waals surface area (Å²) in [5.41, 5.74) is 1.10. The molecule has 0 bridgehead atoms. The van der Waals surface area contributed by atoms with Crippen molar-refractivity contribution in [3.8, 4) is 5.88 Å². The molecule has 1 heterocycles. The lowest BCUT2D eigenvalue weighted by Gasteiger charge is -2.17. The summed E-state index contributed by atoms with van der Waals surface area (Å²) in [7, 11) is 3.27. The topological polar surface area (TPSA) is 63.2 Å². The van der Waals surface area contributed by atoms with Gasteiger partial charge in [0.05, 0.1) is 7.11 Å². The van der Waals surface area contributed by atoms with Gasteiger partial charge in [0.1, 0.15) is 0 Å². The fourth-order valence-corrected chi connectivity index (χ4v) is 2.33. The van der Waals surface area contributed by atoms with Crippen LogP contribution in [0.3, 0.4) is 0 Å². The molecule has 0 aliphatic rings. The number of rotatable bonds is 6. The summed E-state index contributed by atoms with van der Waals surface area (Å²) in [4.78, 5) is 15.6. The highest BCUT2D eigenvalue weighted by atomic mass is 16.5. The Morgan fingerprint density at radius 3 is 2.71 bits per heavy atom. The predicted octanol–water partition coefficient (Wildman–Crippen LogP) is 2.03. The molecule has 1 aromatic heterocycles. The van der Waals surface area contributed by atoms with E-state index in [1.54, 1.807) is 14.2 Å². The second-order valence-electron chi connectivity index (χ2n) is 4.87. The van der Waals surface area contributed by atoms with Crippen molar-refractivity contribution in [3.05, 3.63) is 36.0 Å². The van der Waals surface area contributed by atoms with Crippen LogP contribution >= 0.6 is 0 Å². The average Bonchev–Trinajstić information content (AvgIpc) is 2.53. The van der Waals surface area contributed by atoms with Crippen LogP contribution in [0.2, 0.25) is 0 Å². The largest absolute Gasteiger partial charge is 0.481 e. The molecular formula is C16H21N3O2. The fourth-order valence-electron chi connectivity index (χ4n) is 2.33. The number of carbonyl (C=O) groups excluding carboxylic acids is 1. The van der Waals surface area contributed by atoms with Gasteiger partial charge in [-0.3, -0.25) is 4.79 Å². The van der Waals surface area contributed by atoms with Gasteiger partial charge in [-0.2, -0.15) is 0 Å². The number of fused-ring (bicyclic) bond motifs is 1. The normalized spacial score (nSPS) is 12.1. The van der Waals surface area contributed by atoms with E-state index < -0.39 is 0 Å². The number of nitrogens with zero attached hydrogens (tertiary/aromatic N) is 1. The third-order valence-electron chi connectivity index (χ3n) is 3.53. The van der Waals surface area contributed by atoms with E-state index in [1.807, 2.05) is 24.4 Å². The van der Waals surface area contributed by atoms with Gasteiger partial charge in [-0.05, 0) is 23.9 Å². The van der Waals surface area contributed by atoms with Gasteiger partial charge >= 0.3 is 0 Å². The molecule has 2 rings (SSSR count). The van der Waals surface area contributed by atoms with Crippen molar-refractivity contribution in [3.63, 3.8) is 0 Å². The zero-order valence-corrected chi connectivity index (χ0v) is 12.6. The Morgan fingerprint density at radius 2 is 2.05 bits per heavy atom. The first-order valence-electron chi connectivity index (χ1n) is 7.03. The zero-order chi connectivity index (χ0) is 15.2. The van der Waals surface area contributed by atoms with Gasteiger partial charge in [-0.1, -0.05) is 18.2 Å². The average molecular weight is 287 g/mol. The summed E-state index contributed by atoms with van der Waals surface area (Å²) in [6.45, 7) is 2.70. The zero-order valence-electron chi connectivity index (χ0n) is 12.6. The van der Waals surface area contributed by atoms with Gasteiger partial charge in [0.25, 0.3) is 0 Å². The highest BCUT2D eigenvalue weighted by Gasteiger charge is 2.12. The van der Waals surface area contributed by atoms with Gasteiger partial charge < -0.3 is 15.4 Å². The number of ether oxygens (including phenoxy) is 1. The molecule has 0 saturated carbocycles. The van der Waals surface area contributed by atoms with Crippen LogP contribution in [-0.2, 0) is 4.79 Å². The standard InChI is InChI=1S/C16H21N3O2/c1-11(18-9-8-15(20)17-2)14-10-19-16(21-3)13-7-5-4-6-12(13)14/h4-7,10-11,18H,8-9H2,1-3H3,(H,17,20). The Hall–Kier alpha value is -2.14. The van der Waals surface area contributed by atoms with Crippen molar-refractivity contribution < 1.29 is 9.53 Å². The van der Waals surface area contributed by atoms with Crippen molar-refractivity contribution in [2.45, 2.75) is 19.4 Å². The van der Waals surface area contributed by atoms with E-state index in [-0.39, 0.29) is 11.9 Å². The molecular weight excluding hydrogens is 266 g/mol. The summed E-state index contributed by atoms with van der Waals surface area (Å²) in [6.07, 6.45) is 2.29. The van der Waals surface area contributed by atoms with Gasteiger partial charge in [0, 0.05) is 37.6 Å². The first-order valence-corrected chi connectivity index (χ1v) is 7.03. The number of nitrogens with one attached hydrogen (secondary N) is 2. The molecule has 0 fully saturated rings. The lowest BCUT2D eigenvalue weighted by molar-refractivity contribution is -0.120. The van der Waals surface area contributed by atoms with E-state index in [0.717, 1.165) is 16.3 Å². The highest BCUT2D eigenvalue weighted by molar-refractivity contribution is 5.89. The lowest BCUT2D eigenvalue weighted by atomic mass is 10.0. The fraction of sp³-hybridized carbons (Fsp3) is 0.375. The molecule has 0 radical (unpaired) electrons. The Labute approximate surface area is 124 Å². The van der Waals surface area contributed by atoms with Crippen LogP contribution in [0.25, 0.3) is 10.8 Å². The van der Waals surface area contributed by atoms with E-state index >= 15 is 0 Å². The molecule has 5 heteroatoms. The quantitative estimate of drug-likeness (QED) is 0.853. The number of carbonyl (C=O) groups is 1. The van der Waals surface area contributed by atoms with Crippen molar-refractivity contribution >= 4 is 16.7 Å². The maximum atomic E-state index is 11.2. The van der Waals surface area contributed by atoms with Gasteiger partial charge in [-0.25, -0.2) is 4.98 Å². The minimum absolute atomic E-state index is 0.0346. The van der Waals surface area contributed by atoms with E-state index in [0.29, 0.717) is 18.8 Å².